The number of hydrogen-bond donors (Lipinski definition) is 0. The minimum absolute atomic E-state index is 0. The molecule has 2 aliphatic rings. The molecule has 2 aromatic carbocycles. The third kappa shape index (κ3) is 35.6. The molecule has 0 saturated heterocycles. The predicted molar refractivity (Wildman–Crippen MR) is 269 cm³/mol. The van der Waals surface area contributed by atoms with E-state index >= 15 is 0 Å². The van der Waals surface area contributed by atoms with E-state index in [1.165, 1.54) is 0 Å². The summed E-state index contributed by atoms with van der Waals surface area (Å²) in [6, 6.07) is 10.8. The fourth-order valence-electron chi connectivity index (χ4n) is 5.98. The monoisotopic (exact) mass is 1100 g/mol. The Morgan fingerprint density at radius 3 is 0.747 bits per heavy atom. The van der Waals surface area contributed by atoms with Gasteiger partial charge in [-0.05, 0) is 86.8 Å². The van der Waals surface area contributed by atoms with Crippen LogP contribution in [-0.4, -0.2) is 199 Å². The molecule has 0 atom stereocenters. The van der Waals surface area contributed by atoms with Gasteiger partial charge in [-0.2, -0.15) is 0 Å². The predicted octanol–water partition coefficient (Wildman–Crippen LogP) is 4.50. The summed E-state index contributed by atoms with van der Waals surface area (Å²) in [7, 11) is 6.52. The van der Waals surface area contributed by atoms with Gasteiger partial charge in [-0.25, -0.2) is 0 Å². The van der Waals surface area contributed by atoms with E-state index in [-0.39, 0.29) is 42.2 Å². The normalized spacial score (nSPS) is 13.5. The van der Waals surface area contributed by atoms with E-state index in [4.69, 9.17) is 85.3 Å². The number of carbonyl (C=O) groups excluding carboxylic acids is 2. The van der Waals surface area contributed by atoms with Gasteiger partial charge in [0.05, 0.1) is 144 Å². The van der Waals surface area contributed by atoms with E-state index in [0.29, 0.717) is 193 Å². The summed E-state index contributed by atoms with van der Waals surface area (Å²) in [5.41, 5.74) is 1.49. The maximum Gasteiger partial charge on any atom is 2.00 e. The number of rotatable bonds is 46. The third-order valence-corrected chi connectivity index (χ3v) is 9.62. The Morgan fingerprint density at radius 2 is 0.520 bits per heavy atom. The van der Waals surface area contributed by atoms with Crippen molar-refractivity contribution < 1.29 is 112 Å². The van der Waals surface area contributed by atoms with E-state index in [1.54, 1.807) is 91.9 Å². The second kappa shape index (κ2) is 47.8. The van der Waals surface area contributed by atoms with Gasteiger partial charge in [-0.1, -0.05) is 0 Å². The average Bonchev–Trinajstić information content (AvgIpc) is 4.17. The minimum Gasteiger partial charge on any atom is -0.491 e. The van der Waals surface area contributed by atoms with Crippen molar-refractivity contribution in [1.82, 2.24) is 0 Å². The first-order valence-electron chi connectivity index (χ1n) is 24.6. The van der Waals surface area contributed by atoms with Crippen molar-refractivity contribution in [3.8, 4) is 23.0 Å². The van der Waals surface area contributed by atoms with Crippen LogP contribution in [0.3, 0.4) is 0 Å². The Hall–Kier alpha value is -3.38. The van der Waals surface area contributed by atoms with Gasteiger partial charge in [0.2, 0.25) is 0 Å². The molecule has 0 unspecified atom stereocenters. The number of ether oxygens (including phenoxy) is 18. The summed E-state index contributed by atoms with van der Waals surface area (Å²) >= 11 is 0. The first-order valence-corrected chi connectivity index (χ1v) is 24.6. The van der Waals surface area contributed by atoms with Crippen molar-refractivity contribution >= 4 is 11.9 Å². The molecule has 0 aliphatic heterocycles. The smallest absolute Gasteiger partial charge is 0.491 e. The molecule has 4 rings (SSSR count). The zero-order valence-electron chi connectivity index (χ0n) is 44.0. The van der Waals surface area contributed by atoms with Crippen LogP contribution in [0, 0.1) is 63.2 Å². The van der Waals surface area contributed by atoms with Gasteiger partial charge in [0, 0.05) is 40.6 Å². The molecule has 2 aliphatic carbocycles. The van der Waals surface area contributed by atoms with Crippen LogP contribution in [0.1, 0.15) is 11.1 Å². The van der Waals surface area contributed by atoms with E-state index in [2.05, 4.69) is 0 Å². The molecule has 0 aromatic heterocycles. The molecule has 75 heavy (non-hydrogen) atoms. The first-order chi connectivity index (χ1) is 36.4. The standard InChI is InChI=1S/2C27H39O10.Fe/c2*1-29-7-9-31-11-13-33-15-17-35-25-19-23(22-37-27(28)24-5-3-4-6-24)20-26(21-25)36-18-16-34-14-12-32-10-8-30-2;/h2*3-6,19-21H,7-18,22H2,1-2H3;/q;;+2. The number of benzene rings is 2. The molecule has 10 radical (unpaired) electrons. The van der Waals surface area contributed by atoms with Crippen LogP contribution in [-0.2, 0) is 106 Å². The van der Waals surface area contributed by atoms with Crippen LogP contribution >= 0.6 is 0 Å². The average molecular weight is 1100 g/mol. The quantitative estimate of drug-likeness (QED) is 0.0509. The first kappa shape index (κ1) is 67.7. The van der Waals surface area contributed by atoms with E-state index in [1.807, 2.05) is 24.3 Å². The van der Waals surface area contributed by atoms with Gasteiger partial charge in [-0.3, -0.25) is 9.59 Å². The van der Waals surface area contributed by atoms with E-state index in [0.717, 1.165) is 11.1 Å². The number of hydrogen-bond acceptors (Lipinski definition) is 20. The van der Waals surface area contributed by atoms with Gasteiger partial charge in [0.15, 0.2) is 0 Å². The van der Waals surface area contributed by atoms with Crippen molar-refractivity contribution in [2.45, 2.75) is 13.2 Å². The van der Waals surface area contributed by atoms with Crippen LogP contribution in [0.15, 0.2) is 36.4 Å². The van der Waals surface area contributed by atoms with Crippen LogP contribution in [0.5, 0.6) is 23.0 Å². The molecule has 2 aromatic rings. The van der Waals surface area contributed by atoms with Crippen LogP contribution in [0.4, 0.5) is 0 Å². The van der Waals surface area contributed by atoms with Gasteiger partial charge in [-0.15, -0.1) is 0 Å². The van der Waals surface area contributed by atoms with Crippen LogP contribution in [0.25, 0.3) is 0 Å². The van der Waals surface area contributed by atoms with Crippen molar-refractivity contribution in [1.29, 1.82) is 0 Å². The molecule has 420 valence electrons. The summed E-state index contributed by atoms with van der Waals surface area (Å²) in [6.45, 7) is 11.4. The van der Waals surface area contributed by atoms with Crippen molar-refractivity contribution in [3.05, 3.63) is 111 Å². The Morgan fingerprint density at radius 1 is 0.307 bits per heavy atom. The Balaban J connectivity index is 0.000000507. The molecule has 20 nitrogen and oxygen atoms in total. The van der Waals surface area contributed by atoms with E-state index in [9.17, 15) is 9.59 Å². The third-order valence-electron chi connectivity index (χ3n) is 9.62. The zero-order valence-corrected chi connectivity index (χ0v) is 45.1. The fraction of sp³-hybridized carbons (Fsp3) is 0.556. The van der Waals surface area contributed by atoms with Crippen LogP contribution < -0.4 is 18.9 Å². The number of carbonyl (C=O) groups is 2. The molecular weight excluding hydrogens is 1020 g/mol. The van der Waals surface area contributed by atoms with Crippen LogP contribution in [0.2, 0.25) is 0 Å². The summed E-state index contributed by atoms with van der Waals surface area (Å²) < 4.78 is 97.4. The molecule has 0 bridgehead atoms. The minimum atomic E-state index is -0.388. The topological polar surface area (TPSA) is 200 Å². The Bertz CT molecular complexity index is 1460. The number of esters is 2. The Labute approximate surface area is 456 Å². The van der Waals surface area contributed by atoms with E-state index < -0.39 is 0 Å². The fourth-order valence-corrected chi connectivity index (χ4v) is 5.98. The SMILES string of the molecule is COCCOCCOCCOc1cc(COC(=O)[C]2[CH][CH][CH][CH]2)cc(OCCOCCOCCOC)c1.COCCOCCOCCOc1cc(COC(=O)[C]2[CH][CH][CH][CH]2)cc(OCCOCCOCCOC)c1.[Fe+2]. The second-order valence-electron chi connectivity index (χ2n) is 15.4. The number of methoxy groups -OCH3 is 4. The van der Waals surface area contributed by atoms with Gasteiger partial charge in [0.25, 0.3) is 0 Å². The molecule has 0 N–H and O–H groups in total. The summed E-state index contributed by atoms with van der Waals surface area (Å²) in [5.74, 6) is 2.59. The van der Waals surface area contributed by atoms with Crippen molar-refractivity contribution in [2.75, 3.05) is 187 Å². The summed E-state index contributed by atoms with van der Waals surface area (Å²) in [6.07, 6.45) is 14.0. The second-order valence-corrected chi connectivity index (χ2v) is 15.4. The summed E-state index contributed by atoms with van der Waals surface area (Å²) in [5, 5.41) is 0. The summed E-state index contributed by atoms with van der Waals surface area (Å²) in [4.78, 5) is 24.4. The molecule has 0 spiro atoms. The maximum absolute atomic E-state index is 12.2. The van der Waals surface area contributed by atoms with Gasteiger partial charge in [0.1, 0.15) is 62.6 Å². The molecular formula is C54H78FeO20+2. The van der Waals surface area contributed by atoms with Gasteiger partial charge >= 0.3 is 29.0 Å². The molecule has 2 fully saturated rings. The molecule has 0 amide bonds. The van der Waals surface area contributed by atoms with Crippen molar-refractivity contribution in [2.24, 2.45) is 0 Å². The molecule has 21 heteroatoms. The molecule has 2 saturated carbocycles. The Kier molecular flexibility index (Phi) is 43.2. The maximum atomic E-state index is 12.2. The largest absolute Gasteiger partial charge is 2.00 e. The van der Waals surface area contributed by atoms with Gasteiger partial charge < -0.3 is 85.3 Å². The van der Waals surface area contributed by atoms with Crippen molar-refractivity contribution in [3.63, 3.8) is 0 Å². The molecule has 0 heterocycles. The zero-order chi connectivity index (χ0) is 52.8.